The molecule has 12 heteroatoms. The molecule has 1 aliphatic carbocycles. The Hall–Kier alpha value is -2.80. The molecule has 0 heterocycles. The monoisotopic (exact) mass is 507 g/mol. The minimum atomic E-state index is -3.86. The molecule has 0 spiro atoms. The lowest BCUT2D eigenvalue weighted by Gasteiger charge is -2.20. The molecule has 0 unspecified atom stereocenters. The van der Waals surface area contributed by atoms with Crippen molar-refractivity contribution < 1.29 is 21.6 Å². The van der Waals surface area contributed by atoms with Crippen molar-refractivity contribution in [2.75, 3.05) is 0 Å². The number of nitrogens with two attached hydrogens (primary N) is 1. The Morgan fingerprint density at radius 3 is 1.44 bits per heavy atom. The number of carbonyl (C=O) groups is 1. The number of nitrogens with zero attached hydrogens (tertiary/aromatic N) is 1. The van der Waals surface area contributed by atoms with E-state index in [1.54, 1.807) is 53.7 Å². The van der Waals surface area contributed by atoms with Gasteiger partial charge in [0.25, 0.3) is 0 Å². The zero-order valence-corrected chi connectivity index (χ0v) is 21.5. The van der Waals surface area contributed by atoms with Gasteiger partial charge in [-0.2, -0.15) is 5.10 Å². The van der Waals surface area contributed by atoms with Crippen LogP contribution >= 0.6 is 0 Å². The van der Waals surface area contributed by atoms with Gasteiger partial charge in [-0.3, -0.25) is 0 Å². The number of sulfonamides is 2. The average Bonchev–Trinajstić information content (AvgIpc) is 2.95. The molecule has 3 rings (SSSR count). The fraction of sp³-hybridized carbons (Fsp3) is 0.364. The van der Waals surface area contributed by atoms with Crippen LogP contribution in [0.5, 0.6) is 0 Å². The van der Waals surface area contributed by atoms with E-state index in [9.17, 15) is 21.6 Å². The lowest BCUT2D eigenvalue weighted by atomic mass is 10.1. The number of hydrazone groups is 1. The van der Waals surface area contributed by atoms with Crippen molar-refractivity contribution in [3.8, 4) is 11.1 Å². The molecule has 0 saturated carbocycles. The third-order valence-electron chi connectivity index (χ3n) is 4.56. The molecule has 34 heavy (non-hydrogen) atoms. The van der Waals surface area contributed by atoms with Gasteiger partial charge in [-0.1, -0.05) is 12.1 Å². The molecule has 0 atom stereocenters. The predicted molar refractivity (Wildman–Crippen MR) is 130 cm³/mol. The van der Waals surface area contributed by atoms with Gasteiger partial charge >= 0.3 is 6.03 Å². The Morgan fingerprint density at radius 1 is 0.735 bits per heavy atom. The summed E-state index contributed by atoms with van der Waals surface area (Å²) >= 11 is 0. The van der Waals surface area contributed by atoms with E-state index in [1.165, 1.54) is 24.3 Å². The van der Waals surface area contributed by atoms with Crippen molar-refractivity contribution in [1.82, 2.24) is 14.9 Å². The van der Waals surface area contributed by atoms with Crippen LogP contribution in [0.4, 0.5) is 4.79 Å². The Kier molecular flexibility index (Phi) is 6.42. The fourth-order valence-corrected chi connectivity index (χ4v) is 6.43. The van der Waals surface area contributed by atoms with Gasteiger partial charge in [-0.05, 0) is 76.9 Å². The summed E-state index contributed by atoms with van der Waals surface area (Å²) in [5.74, 6) is 0. The quantitative estimate of drug-likeness (QED) is 0.389. The molecule has 0 bridgehead atoms. The first kappa shape index (κ1) is 25.8. The number of hydrogen-bond acceptors (Lipinski definition) is 6. The number of nitrogens with one attached hydrogen (secondary N) is 3. The minimum Gasteiger partial charge on any atom is -0.350 e. The van der Waals surface area contributed by atoms with E-state index in [1.807, 2.05) is 0 Å². The maximum atomic E-state index is 12.9. The van der Waals surface area contributed by atoms with Gasteiger partial charge in [-0.15, -0.1) is 0 Å². The Bertz CT molecular complexity index is 1300. The van der Waals surface area contributed by atoms with Crippen molar-refractivity contribution in [3.05, 3.63) is 47.5 Å². The summed E-state index contributed by atoms with van der Waals surface area (Å²) < 4.78 is 56.7. The molecule has 0 radical (unpaired) electrons. The minimum absolute atomic E-state index is 0.00278. The molecular formula is C22H29N5O5S2. The predicted octanol–water partition coefficient (Wildman–Crippen LogP) is 2.24. The molecule has 5 N–H and O–H groups in total. The number of fused-ring (bicyclic) bond motifs is 3. The third-order valence-corrected chi connectivity index (χ3v) is 8.07. The summed E-state index contributed by atoms with van der Waals surface area (Å²) in [6.07, 6.45) is 0. The van der Waals surface area contributed by atoms with Crippen LogP contribution in [0, 0.1) is 0 Å². The number of benzene rings is 2. The Balaban J connectivity index is 2.18. The molecule has 10 nitrogen and oxygen atoms in total. The van der Waals surface area contributed by atoms with Crippen LogP contribution in [0.2, 0.25) is 0 Å². The highest BCUT2D eigenvalue weighted by Gasteiger charge is 2.31. The first-order valence-corrected chi connectivity index (χ1v) is 13.4. The first-order valence-electron chi connectivity index (χ1n) is 10.4. The third kappa shape index (κ3) is 5.63. The van der Waals surface area contributed by atoms with Crippen LogP contribution in [0.25, 0.3) is 11.1 Å². The van der Waals surface area contributed by atoms with Gasteiger partial charge < -0.3 is 5.73 Å². The highest BCUT2D eigenvalue weighted by atomic mass is 32.2. The summed E-state index contributed by atoms with van der Waals surface area (Å²) in [5.41, 5.74) is 8.25. The van der Waals surface area contributed by atoms with E-state index < -0.39 is 37.2 Å². The molecule has 0 aliphatic heterocycles. The van der Waals surface area contributed by atoms with Crippen LogP contribution in [0.1, 0.15) is 52.7 Å². The highest BCUT2D eigenvalue weighted by molar-refractivity contribution is 7.89. The summed E-state index contributed by atoms with van der Waals surface area (Å²) in [4.78, 5) is 11.3. The zero-order valence-electron chi connectivity index (χ0n) is 19.8. The summed E-state index contributed by atoms with van der Waals surface area (Å²) in [7, 11) is -7.71. The molecule has 2 amide bonds. The maximum Gasteiger partial charge on any atom is 0.332 e. The average molecular weight is 508 g/mol. The number of amides is 2. The van der Waals surface area contributed by atoms with Crippen LogP contribution in [-0.2, 0) is 20.0 Å². The number of rotatable bonds is 5. The molecule has 2 aromatic carbocycles. The second-order valence-electron chi connectivity index (χ2n) is 10.1. The molecule has 184 valence electrons. The number of carbonyl (C=O) groups excluding carboxylic acids is 1. The SMILES string of the molecule is CC(C)(C)NS(=O)(=O)c1ccc2c(c1)C(=NNC(N)=O)c1cc(S(=O)(=O)NC(C)(C)C)ccc1-2. The van der Waals surface area contributed by atoms with E-state index in [4.69, 9.17) is 5.73 Å². The van der Waals surface area contributed by atoms with Crippen LogP contribution < -0.4 is 20.6 Å². The molecular weight excluding hydrogens is 478 g/mol. The largest absolute Gasteiger partial charge is 0.350 e. The molecule has 0 saturated heterocycles. The van der Waals surface area contributed by atoms with Gasteiger partial charge in [-0.25, -0.2) is 36.5 Å². The van der Waals surface area contributed by atoms with Crippen molar-refractivity contribution in [2.45, 2.75) is 62.4 Å². The van der Waals surface area contributed by atoms with Crippen molar-refractivity contribution in [1.29, 1.82) is 0 Å². The number of primary amides is 1. The van der Waals surface area contributed by atoms with E-state index in [0.717, 1.165) is 0 Å². The highest BCUT2D eigenvalue weighted by Crippen LogP contribution is 2.39. The van der Waals surface area contributed by atoms with E-state index in [0.29, 0.717) is 22.3 Å². The fourth-order valence-electron chi connectivity index (χ4n) is 3.54. The maximum absolute atomic E-state index is 12.9. The van der Waals surface area contributed by atoms with E-state index in [2.05, 4.69) is 20.0 Å². The summed E-state index contributed by atoms with van der Waals surface area (Å²) in [5, 5.41) is 4.06. The topological polar surface area (TPSA) is 160 Å². The van der Waals surface area contributed by atoms with Crippen LogP contribution in [0.3, 0.4) is 0 Å². The van der Waals surface area contributed by atoms with Crippen LogP contribution in [0.15, 0.2) is 51.3 Å². The zero-order chi connectivity index (χ0) is 25.7. The molecule has 0 fully saturated rings. The van der Waals surface area contributed by atoms with Crippen molar-refractivity contribution >= 4 is 31.8 Å². The van der Waals surface area contributed by atoms with Gasteiger partial charge in [0, 0.05) is 22.2 Å². The Morgan fingerprint density at radius 2 is 1.12 bits per heavy atom. The molecule has 2 aromatic rings. The van der Waals surface area contributed by atoms with E-state index >= 15 is 0 Å². The number of urea groups is 1. The van der Waals surface area contributed by atoms with Gasteiger partial charge in [0.2, 0.25) is 20.0 Å². The van der Waals surface area contributed by atoms with E-state index in [-0.39, 0.29) is 15.5 Å². The smallest absolute Gasteiger partial charge is 0.332 e. The van der Waals surface area contributed by atoms with Gasteiger partial charge in [0.05, 0.1) is 15.5 Å². The lowest BCUT2D eigenvalue weighted by Crippen LogP contribution is -2.40. The second kappa shape index (κ2) is 8.45. The summed E-state index contributed by atoms with van der Waals surface area (Å²) in [6.45, 7) is 10.4. The van der Waals surface area contributed by atoms with Crippen molar-refractivity contribution in [2.24, 2.45) is 10.8 Å². The lowest BCUT2D eigenvalue weighted by molar-refractivity contribution is 0.249. The standard InChI is InChI=1S/C22H29N5O5S2/c1-21(2,3)26-33(29,30)13-7-9-15-16-10-8-14(34(31,32)27-22(4,5)6)12-18(16)19(17(15)11-13)24-25-20(23)28/h7-12,26-27H,1-6H3,(H3,23,25,28). The Labute approximate surface area is 200 Å². The second-order valence-corrected chi connectivity index (χ2v) is 13.4. The van der Waals surface area contributed by atoms with Crippen LogP contribution in [-0.4, -0.2) is 39.7 Å². The molecule has 1 aliphatic rings. The van der Waals surface area contributed by atoms with Crippen molar-refractivity contribution in [3.63, 3.8) is 0 Å². The first-order chi connectivity index (χ1) is 15.4. The normalized spacial score (nSPS) is 13.9. The van der Waals surface area contributed by atoms with Gasteiger partial charge in [0.1, 0.15) is 0 Å². The summed E-state index contributed by atoms with van der Waals surface area (Å²) in [6, 6.07) is 8.14. The number of hydrogen-bond donors (Lipinski definition) is 4. The molecule has 0 aromatic heterocycles. The van der Waals surface area contributed by atoms with Gasteiger partial charge in [0.15, 0.2) is 0 Å².